The van der Waals surface area contributed by atoms with E-state index in [4.69, 9.17) is 11.6 Å². The third-order valence-corrected chi connectivity index (χ3v) is 7.31. The van der Waals surface area contributed by atoms with Gasteiger partial charge in [-0.25, -0.2) is 8.42 Å². The average molecular weight is 522 g/mol. The van der Waals surface area contributed by atoms with Crippen LogP contribution in [0.3, 0.4) is 0 Å². The van der Waals surface area contributed by atoms with Crippen LogP contribution in [0.2, 0.25) is 5.02 Å². The Morgan fingerprint density at radius 3 is 2.23 bits per heavy atom. The van der Waals surface area contributed by atoms with Crippen LogP contribution in [-0.4, -0.2) is 25.2 Å². The number of halogens is 2. The fraction of sp³-hybridized carbons (Fsp3) is 0.174. The summed E-state index contributed by atoms with van der Waals surface area (Å²) in [6.07, 6.45) is 0. The Morgan fingerprint density at radius 2 is 1.61 bits per heavy atom. The molecule has 3 rings (SSSR count). The average Bonchev–Trinajstić information content (AvgIpc) is 2.75. The Kier molecular flexibility index (Phi) is 7.89. The second-order valence-corrected chi connectivity index (χ2v) is 10.3. The molecule has 0 aromatic heterocycles. The number of hydrogen-bond donors (Lipinski definition) is 1. The summed E-state index contributed by atoms with van der Waals surface area (Å²) in [6.45, 7) is 1.60. The van der Waals surface area contributed by atoms with Crippen molar-refractivity contribution < 1.29 is 13.2 Å². The van der Waals surface area contributed by atoms with Gasteiger partial charge in [0.25, 0.3) is 0 Å². The first-order valence-electron chi connectivity index (χ1n) is 9.60. The first-order chi connectivity index (χ1) is 14.8. The molecule has 0 saturated carbocycles. The van der Waals surface area contributed by atoms with Gasteiger partial charge in [0, 0.05) is 16.0 Å². The summed E-state index contributed by atoms with van der Waals surface area (Å²) in [5.74, 6) is -0.383. The van der Waals surface area contributed by atoms with Crippen molar-refractivity contribution in [3.8, 4) is 0 Å². The van der Waals surface area contributed by atoms with E-state index in [-0.39, 0.29) is 29.9 Å². The lowest BCUT2D eigenvalue weighted by Gasteiger charge is -2.23. The smallest absolute Gasteiger partial charge is 0.243 e. The summed E-state index contributed by atoms with van der Waals surface area (Å²) in [7, 11) is -3.90. The molecule has 162 valence electrons. The molecule has 0 saturated heterocycles. The van der Waals surface area contributed by atoms with Crippen molar-refractivity contribution in [1.29, 1.82) is 0 Å². The maximum atomic E-state index is 13.3. The van der Waals surface area contributed by atoms with Gasteiger partial charge in [0.05, 0.1) is 17.5 Å². The van der Waals surface area contributed by atoms with E-state index in [0.717, 1.165) is 15.6 Å². The lowest BCUT2D eigenvalue weighted by Crippen LogP contribution is -2.41. The number of carbonyl (C=O) groups excluding carboxylic acids is 1. The highest BCUT2D eigenvalue weighted by atomic mass is 79.9. The van der Waals surface area contributed by atoms with Crippen LogP contribution < -0.4 is 5.32 Å². The predicted octanol–water partition coefficient (Wildman–Crippen LogP) is 5.17. The number of sulfonamides is 1. The molecule has 0 aliphatic rings. The SMILES string of the molecule is CC(NC(=O)CN(Cc1ccc(Cl)cc1)S(=O)(=O)c1ccc(Br)cc1)c1ccccc1. The Hall–Kier alpha value is -2.19. The summed E-state index contributed by atoms with van der Waals surface area (Å²) >= 11 is 9.26. The highest BCUT2D eigenvalue weighted by Gasteiger charge is 2.27. The molecule has 0 bridgehead atoms. The first kappa shape index (κ1) is 23.5. The minimum Gasteiger partial charge on any atom is -0.348 e. The molecule has 0 aliphatic heterocycles. The highest BCUT2D eigenvalue weighted by Crippen LogP contribution is 2.22. The van der Waals surface area contributed by atoms with Crippen LogP contribution in [-0.2, 0) is 21.4 Å². The van der Waals surface area contributed by atoms with Crippen LogP contribution in [0.25, 0.3) is 0 Å². The molecule has 0 heterocycles. The molecule has 3 aromatic carbocycles. The van der Waals surface area contributed by atoms with E-state index in [1.54, 1.807) is 36.4 Å². The number of hydrogen-bond acceptors (Lipinski definition) is 3. The zero-order chi connectivity index (χ0) is 22.4. The summed E-state index contributed by atoms with van der Waals surface area (Å²) in [4.78, 5) is 12.9. The Morgan fingerprint density at radius 1 is 1.00 bits per heavy atom. The van der Waals surface area contributed by atoms with E-state index in [1.165, 1.54) is 16.4 Å². The van der Waals surface area contributed by atoms with Gasteiger partial charge in [0.2, 0.25) is 15.9 Å². The highest BCUT2D eigenvalue weighted by molar-refractivity contribution is 9.10. The normalized spacial score (nSPS) is 12.5. The second-order valence-electron chi connectivity index (χ2n) is 7.05. The molecule has 1 atom stereocenters. The molecule has 31 heavy (non-hydrogen) atoms. The molecule has 3 aromatic rings. The van der Waals surface area contributed by atoms with Gasteiger partial charge in [-0.3, -0.25) is 4.79 Å². The van der Waals surface area contributed by atoms with Crippen molar-refractivity contribution in [2.24, 2.45) is 0 Å². The van der Waals surface area contributed by atoms with Crippen molar-refractivity contribution in [2.75, 3.05) is 6.54 Å². The van der Waals surface area contributed by atoms with E-state index < -0.39 is 10.0 Å². The third-order valence-electron chi connectivity index (χ3n) is 4.72. The number of rotatable bonds is 8. The van der Waals surface area contributed by atoms with Gasteiger partial charge < -0.3 is 5.32 Å². The minimum absolute atomic E-state index is 0.0443. The summed E-state index contributed by atoms with van der Waals surface area (Å²) in [5, 5.41) is 3.44. The number of nitrogens with zero attached hydrogens (tertiary/aromatic N) is 1. The molecule has 5 nitrogen and oxygen atoms in total. The van der Waals surface area contributed by atoms with Crippen molar-refractivity contribution in [3.63, 3.8) is 0 Å². The Bertz CT molecular complexity index is 1120. The van der Waals surface area contributed by atoms with E-state index in [9.17, 15) is 13.2 Å². The zero-order valence-corrected chi connectivity index (χ0v) is 20.0. The predicted molar refractivity (Wildman–Crippen MR) is 126 cm³/mol. The molecule has 0 fully saturated rings. The fourth-order valence-corrected chi connectivity index (χ4v) is 4.82. The van der Waals surface area contributed by atoms with Crippen LogP contribution in [0.4, 0.5) is 0 Å². The van der Waals surface area contributed by atoms with E-state index >= 15 is 0 Å². The number of carbonyl (C=O) groups is 1. The summed E-state index contributed by atoms with van der Waals surface area (Å²) < 4.78 is 28.6. The third kappa shape index (κ3) is 6.40. The van der Waals surface area contributed by atoms with Crippen LogP contribution in [0.1, 0.15) is 24.1 Å². The zero-order valence-electron chi connectivity index (χ0n) is 16.8. The quantitative estimate of drug-likeness (QED) is 0.445. The number of nitrogens with one attached hydrogen (secondary N) is 1. The molecule has 0 spiro atoms. The molecule has 0 aliphatic carbocycles. The van der Waals surface area contributed by atoms with Crippen molar-refractivity contribution in [2.45, 2.75) is 24.4 Å². The second kappa shape index (κ2) is 10.4. The topological polar surface area (TPSA) is 66.5 Å². The van der Waals surface area contributed by atoms with E-state index in [2.05, 4.69) is 21.2 Å². The van der Waals surface area contributed by atoms with Crippen molar-refractivity contribution >= 4 is 43.5 Å². The number of amides is 1. The summed E-state index contributed by atoms with van der Waals surface area (Å²) in [6, 6.07) is 22.5. The van der Waals surface area contributed by atoms with Gasteiger partial charge in [-0.2, -0.15) is 4.31 Å². The standard InChI is InChI=1S/C23H22BrClN2O3S/c1-17(19-5-3-2-4-6-19)26-23(28)16-27(15-18-7-11-21(25)12-8-18)31(29,30)22-13-9-20(24)10-14-22/h2-14,17H,15-16H2,1H3,(H,26,28). The molecular weight excluding hydrogens is 500 g/mol. The van der Waals surface area contributed by atoms with Crippen LogP contribution in [0, 0.1) is 0 Å². The van der Waals surface area contributed by atoms with E-state index in [1.807, 2.05) is 37.3 Å². The van der Waals surface area contributed by atoms with Crippen molar-refractivity contribution in [3.05, 3.63) is 99.5 Å². The van der Waals surface area contributed by atoms with Gasteiger partial charge in [0.1, 0.15) is 0 Å². The van der Waals surface area contributed by atoms with Crippen LogP contribution >= 0.6 is 27.5 Å². The fourth-order valence-electron chi connectivity index (χ4n) is 3.05. The van der Waals surface area contributed by atoms with Crippen molar-refractivity contribution in [1.82, 2.24) is 9.62 Å². The van der Waals surface area contributed by atoms with Gasteiger partial charge in [-0.05, 0) is 54.4 Å². The number of benzene rings is 3. The van der Waals surface area contributed by atoms with Crippen LogP contribution in [0.5, 0.6) is 0 Å². The van der Waals surface area contributed by atoms with Crippen LogP contribution in [0.15, 0.2) is 88.2 Å². The van der Waals surface area contributed by atoms with Gasteiger partial charge in [0.15, 0.2) is 0 Å². The Labute approximate surface area is 196 Å². The molecule has 0 radical (unpaired) electrons. The molecular formula is C23H22BrClN2O3S. The Balaban J connectivity index is 1.83. The minimum atomic E-state index is -3.90. The molecule has 1 unspecified atom stereocenters. The molecule has 1 amide bonds. The largest absolute Gasteiger partial charge is 0.348 e. The summed E-state index contributed by atoms with van der Waals surface area (Å²) in [5.41, 5.74) is 1.67. The molecule has 1 N–H and O–H groups in total. The lowest BCUT2D eigenvalue weighted by atomic mass is 10.1. The van der Waals surface area contributed by atoms with E-state index in [0.29, 0.717) is 5.02 Å². The van der Waals surface area contributed by atoms with Gasteiger partial charge in [-0.1, -0.05) is 70.0 Å². The maximum absolute atomic E-state index is 13.3. The maximum Gasteiger partial charge on any atom is 0.243 e. The van der Waals surface area contributed by atoms with Gasteiger partial charge in [-0.15, -0.1) is 0 Å². The molecule has 8 heteroatoms. The first-order valence-corrected chi connectivity index (χ1v) is 12.2. The lowest BCUT2D eigenvalue weighted by molar-refractivity contribution is -0.122. The van der Waals surface area contributed by atoms with Gasteiger partial charge >= 0.3 is 0 Å². The monoisotopic (exact) mass is 520 g/mol.